The molecule has 1 aliphatic rings. The molecular weight excluding hydrogens is 268 g/mol. The monoisotopic (exact) mass is 292 g/mol. The van der Waals surface area contributed by atoms with Crippen molar-refractivity contribution in [2.24, 2.45) is 5.73 Å². The lowest BCUT2D eigenvalue weighted by atomic mass is 9.91. The van der Waals surface area contributed by atoms with E-state index in [9.17, 15) is 4.79 Å². The van der Waals surface area contributed by atoms with Crippen LogP contribution in [0.2, 0.25) is 0 Å². The second kappa shape index (κ2) is 7.70. The summed E-state index contributed by atoms with van der Waals surface area (Å²) in [4.78, 5) is 12.2. The molecule has 1 aliphatic carbocycles. The third-order valence-electron chi connectivity index (χ3n) is 3.80. The van der Waals surface area contributed by atoms with E-state index in [0.717, 1.165) is 42.8 Å². The van der Waals surface area contributed by atoms with Crippen LogP contribution in [-0.4, -0.2) is 23.7 Å². The number of thioether (sulfide) groups is 1. The summed E-state index contributed by atoms with van der Waals surface area (Å²) in [5, 5.41) is 3.12. The molecule has 0 heterocycles. The third kappa shape index (κ3) is 4.53. The van der Waals surface area contributed by atoms with E-state index in [4.69, 9.17) is 5.73 Å². The fraction of sp³-hybridized carbons (Fsp3) is 0.562. The van der Waals surface area contributed by atoms with Gasteiger partial charge in [0, 0.05) is 23.4 Å². The maximum atomic E-state index is 12.2. The maximum absolute atomic E-state index is 12.2. The predicted octanol–water partition coefficient (Wildman–Crippen LogP) is 2.94. The number of rotatable bonds is 5. The number of carbonyl (C=O) groups excluding carboxylic acids is 1. The Hall–Kier alpha value is -1.00. The van der Waals surface area contributed by atoms with Gasteiger partial charge in [-0.3, -0.25) is 4.79 Å². The highest BCUT2D eigenvalue weighted by atomic mass is 32.2. The van der Waals surface area contributed by atoms with Gasteiger partial charge in [-0.1, -0.05) is 19.1 Å². The second-order valence-corrected chi connectivity index (χ2v) is 6.69. The number of carbonyl (C=O) groups is 1. The fourth-order valence-corrected chi connectivity index (χ4v) is 3.14. The first kappa shape index (κ1) is 15.4. The van der Waals surface area contributed by atoms with Gasteiger partial charge in [0.25, 0.3) is 5.91 Å². The van der Waals surface area contributed by atoms with Gasteiger partial charge in [0.2, 0.25) is 0 Å². The van der Waals surface area contributed by atoms with E-state index in [1.54, 1.807) is 0 Å². The molecule has 0 spiro atoms. The van der Waals surface area contributed by atoms with E-state index >= 15 is 0 Å². The molecule has 1 aromatic carbocycles. The van der Waals surface area contributed by atoms with Gasteiger partial charge in [-0.15, -0.1) is 0 Å². The maximum Gasteiger partial charge on any atom is 0.251 e. The van der Waals surface area contributed by atoms with Gasteiger partial charge in [0.1, 0.15) is 0 Å². The second-order valence-electron chi connectivity index (χ2n) is 5.42. The molecule has 0 aliphatic heterocycles. The highest BCUT2D eigenvalue weighted by molar-refractivity contribution is 7.98. The van der Waals surface area contributed by atoms with Crippen molar-refractivity contribution < 1.29 is 4.79 Å². The molecule has 1 saturated carbocycles. The molecule has 0 saturated heterocycles. The van der Waals surface area contributed by atoms with E-state index in [-0.39, 0.29) is 11.9 Å². The van der Waals surface area contributed by atoms with Crippen LogP contribution in [0.4, 0.5) is 0 Å². The van der Waals surface area contributed by atoms with Gasteiger partial charge >= 0.3 is 0 Å². The van der Waals surface area contributed by atoms with E-state index in [1.165, 1.54) is 5.56 Å². The Kier molecular flexibility index (Phi) is 5.92. The standard InChI is InChI=1S/C16H24N2OS/c1-2-20-11-12-3-5-13(6-4-12)16(19)18-15-9-7-14(17)8-10-15/h3-6,14-15H,2,7-11,17H2,1H3,(H,18,19). The average Bonchev–Trinajstić information content (AvgIpc) is 2.48. The smallest absolute Gasteiger partial charge is 0.251 e. The predicted molar refractivity (Wildman–Crippen MR) is 86.0 cm³/mol. The normalized spacial score (nSPS) is 22.5. The number of nitrogens with two attached hydrogens (primary N) is 1. The van der Waals surface area contributed by atoms with Crippen molar-refractivity contribution in [2.75, 3.05) is 5.75 Å². The minimum absolute atomic E-state index is 0.0418. The summed E-state index contributed by atoms with van der Waals surface area (Å²) < 4.78 is 0. The topological polar surface area (TPSA) is 55.1 Å². The number of hydrogen-bond donors (Lipinski definition) is 2. The summed E-state index contributed by atoms with van der Waals surface area (Å²) in [6.07, 6.45) is 4.02. The lowest BCUT2D eigenvalue weighted by Gasteiger charge is -2.26. The van der Waals surface area contributed by atoms with E-state index < -0.39 is 0 Å². The van der Waals surface area contributed by atoms with E-state index in [1.807, 2.05) is 36.0 Å². The molecule has 0 unspecified atom stereocenters. The first-order valence-corrected chi connectivity index (χ1v) is 8.57. The zero-order chi connectivity index (χ0) is 14.4. The van der Waals surface area contributed by atoms with Crippen LogP contribution < -0.4 is 11.1 Å². The Labute approximate surface area is 125 Å². The SMILES string of the molecule is CCSCc1ccc(C(=O)NC2CCC(N)CC2)cc1. The van der Waals surface area contributed by atoms with Crippen LogP contribution in [0.1, 0.15) is 48.5 Å². The summed E-state index contributed by atoms with van der Waals surface area (Å²) in [5.41, 5.74) is 7.91. The molecular formula is C16H24N2OS. The summed E-state index contributed by atoms with van der Waals surface area (Å²) in [6.45, 7) is 2.16. The fourth-order valence-electron chi connectivity index (χ4n) is 2.50. The van der Waals surface area contributed by atoms with Crippen molar-refractivity contribution in [2.45, 2.75) is 50.4 Å². The molecule has 0 bridgehead atoms. The lowest BCUT2D eigenvalue weighted by Crippen LogP contribution is -2.40. The lowest BCUT2D eigenvalue weighted by molar-refractivity contribution is 0.0926. The number of hydrogen-bond acceptors (Lipinski definition) is 3. The van der Waals surface area contributed by atoms with Crippen molar-refractivity contribution in [3.63, 3.8) is 0 Å². The molecule has 0 atom stereocenters. The molecule has 2 rings (SSSR count). The number of amides is 1. The van der Waals surface area contributed by atoms with Crippen LogP contribution in [0.15, 0.2) is 24.3 Å². The molecule has 1 fully saturated rings. The van der Waals surface area contributed by atoms with Gasteiger partial charge in [0.15, 0.2) is 0 Å². The van der Waals surface area contributed by atoms with Crippen LogP contribution in [0.5, 0.6) is 0 Å². The van der Waals surface area contributed by atoms with Crippen molar-refractivity contribution in [3.8, 4) is 0 Å². The molecule has 20 heavy (non-hydrogen) atoms. The Morgan fingerprint density at radius 3 is 2.50 bits per heavy atom. The van der Waals surface area contributed by atoms with Gasteiger partial charge < -0.3 is 11.1 Å². The van der Waals surface area contributed by atoms with Crippen LogP contribution in [0, 0.1) is 0 Å². The Morgan fingerprint density at radius 2 is 1.90 bits per heavy atom. The van der Waals surface area contributed by atoms with Crippen molar-refractivity contribution in [1.82, 2.24) is 5.32 Å². The van der Waals surface area contributed by atoms with Gasteiger partial charge in [-0.05, 0) is 49.1 Å². The number of benzene rings is 1. The van der Waals surface area contributed by atoms with Crippen LogP contribution in [0.3, 0.4) is 0 Å². The summed E-state index contributed by atoms with van der Waals surface area (Å²) >= 11 is 1.89. The van der Waals surface area contributed by atoms with Crippen molar-refractivity contribution in [3.05, 3.63) is 35.4 Å². The highest BCUT2D eigenvalue weighted by Crippen LogP contribution is 2.18. The molecule has 0 radical (unpaired) electrons. The summed E-state index contributed by atoms with van der Waals surface area (Å²) in [5.74, 6) is 2.17. The Bertz CT molecular complexity index is 425. The van der Waals surface area contributed by atoms with E-state index in [0.29, 0.717) is 6.04 Å². The summed E-state index contributed by atoms with van der Waals surface area (Å²) in [7, 11) is 0. The highest BCUT2D eigenvalue weighted by Gasteiger charge is 2.20. The number of nitrogens with one attached hydrogen (secondary N) is 1. The third-order valence-corrected chi connectivity index (χ3v) is 4.74. The molecule has 1 aromatic rings. The van der Waals surface area contributed by atoms with Crippen LogP contribution in [-0.2, 0) is 5.75 Å². The van der Waals surface area contributed by atoms with Gasteiger partial charge in [-0.25, -0.2) is 0 Å². The Morgan fingerprint density at radius 1 is 1.25 bits per heavy atom. The van der Waals surface area contributed by atoms with Crippen molar-refractivity contribution in [1.29, 1.82) is 0 Å². The van der Waals surface area contributed by atoms with Crippen LogP contribution >= 0.6 is 11.8 Å². The average molecular weight is 292 g/mol. The molecule has 0 aromatic heterocycles. The van der Waals surface area contributed by atoms with Gasteiger partial charge in [-0.2, -0.15) is 11.8 Å². The zero-order valence-corrected chi connectivity index (χ0v) is 12.9. The van der Waals surface area contributed by atoms with Crippen molar-refractivity contribution >= 4 is 17.7 Å². The molecule has 3 nitrogen and oxygen atoms in total. The quantitative estimate of drug-likeness (QED) is 0.877. The van der Waals surface area contributed by atoms with Gasteiger partial charge in [0.05, 0.1) is 0 Å². The molecule has 3 N–H and O–H groups in total. The Balaban J connectivity index is 1.85. The molecule has 1 amide bonds. The minimum atomic E-state index is 0.0418. The molecule has 110 valence electrons. The van der Waals surface area contributed by atoms with Crippen LogP contribution in [0.25, 0.3) is 0 Å². The first-order valence-electron chi connectivity index (χ1n) is 7.42. The summed E-state index contributed by atoms with van der Waals surface area (Å²) in [6, 6.07) is 8.56. The minimum Gasteiger partial charge on any atom is -0.349 e. The van der Waals surface area contributed by atoms with E-state index in [2.05, 4.69) is 12.2 Å². The largest absolute Gasteiger partial charge is 0.349 e. The molecule has 4 heteroatoms. The zero-order valence-electron chi connectivity index (χ0n) is 12.1. The first-order chi connectivity index (χ1) is 9.69.